The van der Waals surface area contributed by atoms with E-state index in [4.69, 9.17) is 0 Å². The zero-order valence-electron chi connectivity index (χ0n) is 10.5. The van der Waals surface area contributed by atoms with Gasteiger partial charge in [0.25, 0.3) is 0 Å². The predicted molar refractivity (Wildman–Crippen MR) is 66.9 cm³/mol. The molecule has 0 saturated carbocycles. The molecule has 0 aliphatic carbocycles. The normalized spacial score (nSPS) is 10.2. The highest BCUT2D eigenvalue weighted by molar-refractivity contribution is 5.90. The van der Waals surface area contributed by atoms with Crippen LogP contribution < -0.4 is 10.6 Å². The van der Waals surface area contributed by atoms with Crippen LogP contribution in [0.15, 0.2) is 12.1 Å². The Labute approximate surface area is 101 Å². The summed E-state index contributed by atoms with van der Waals surface area (Å²) in [7, 11) is 0. The van der Waals surface area contributed by atoms with Gasteiger partial charge >= 0.3 is 0 Å². The Morgan fingerprint density at radius 2 is 1.47 bits per heavy atom. The Bertz CT molecular complexity index is 407. The monoisotopic (exact) mass is 235 g/mol. The number of pyridine rings is 1. The maximum absolute atomic E-state index is 11.0. The summed E-state index contributed by atoms with van der Waals surface area (Å²) in [5.74, 6) is 0.817. The Hall–Kier alpha value is -1.91. The molecule has 1 heterocycles. The highest BCUT2D eigenvalue weighted by Crippen LogP contribution is 2.21. The minimum Gasteiger partial charge on any atom is -0.311 e. The third kappa shape index (κ3) is 4.22. The van der Waals surface area contributed by atoms with Crippen molar-refractivity contribution < 1.29 is 9.59 Å². The van der Waals surface area contributed by atoms with Crippen molar-refractivity contribution in [2.75, 3.05) is 10.6 Å². The number of hydrogen-bond acceptors (Lipinski definition) is 3. The van der Waals surface area contributed by atoms with Gasteiger partial charge in [0, 0.05) is 13.8 Å². The molecular weight excluding hydrogens is 218 g/mol. The van der Waals surface area contributed by atoms with Gasteiger partial charge in [0.2, 0.25) is 11.8 Å². The van der Waals surface area contributed by atoms with Crippen LogP contribution in [0.2, 0.25) is 0 Å². The first kappa shape index (κ1) is 13.2. The van der Waals surface area contributed by atoms with Crippen molar-refractivity contribution in [2.45, 2.75) is 33.6 Å². The largest absolute Gasteiger partial charge is 0.311 e. The lowest BCUT2D eigenvalue weighted by Gasteiger charge is -2.11. The second-order valence-corrected chi connectivity index (χ2v) is 4.19. The van der Waals surface area contributed by atoms with E-state index in [1.807, 2.05) is 13.8 Å². The minimum atomic E-state index is -0.188. The number of aromatic nitrogens is 1. The van der Waals surface area contributed by atoms with Gasteiger partial charge in [-0.1, -0.05) is 13.8 Å². The van der Waals surface area contributed by atoms with Gasteiger partial charge in [0.05, 0.1) is 0 Å². The van der Waals surface area contributed by atoms with E-state index in [9.17, 15) is 9.59 Å². The molecule has 0 bridgehead atoms. The predicted octanol–water partition coefficient (Wildman–Crippen LogP) is 2.12. The molecule has 0 spiro atoms. The highest BCUT2D eigenvalue weighted by atomic mass is 16.2. The summed E-state index contributed by atoms with van der Waals surface area (Å²) in [5.41, 5.74) is 1.01. The van der Waals surface area contributed by atoms with Crippen molar-refractivity contribution in [1.29, 1.82) is 0 Å². The van der Waals surface area contributed by atoms with Gasteiger partial charge < -0.3 is 10.6 Å². The number of hydrogen-bond donors (Lipinski definition) is 2. The zero-order valence-corrected chi connectivity index (χ0v) is 10.5. The van der Waals surface area contributed by atoms with Crippen LogP contribution in [-0.4, -0.2) is 16.8 Å². The van der Waals surface area contributed by atoms with E-state index in [2.05, 4.69) is 15.6 Å². The van der Waals surface area contributed by atoms with Crippen LogP contribution in [0.5, 0.6) is 0 Å². The first-order chi connectivity index (χ1) is 7.88. The quantitative estimate of drug-likeness (QED) is 0.843. The van der Waals surface area contributed by atoms with Crippen LogP contribution >= 0.6 is 0 Å². The smallest absolute Gasteiger partial charge is 0.222 e. The van der Waals surface area contributed by atoms with Crippen molar-refractivity contribution in [3.05, 3.63) is 17.7 Å². The molecule has 17 heavy (non-hydrogen) atoms. The lowest BCUT2D eigenvalue weighted by molar-refractivity contribution is -0.115. The lowest BCUT2D eigenvalue weighted by atomic mass is 10.0. The Morgan fingerprint density at radius 1 is 1.06 bits per heavy atom. The summed E-state index contributed by atoms with van der Waals surface area (Å²) < 4.78 is 0. The van der Waals surface area contributed by atoms with Crippen LogP contribution in [0.4, 0.5) is 11.6 Å². The molecule has 0 fully saturated rings. The summed E-state index contributed by atoms with van der Waals surface area (Å²) >= 11 is 0. The lowest BCUT2D eigenvalue weighted by Crippen LogP contribution is -2.12. The SMILES string of the molecule is CC(=O)Nc1cc(C(C)C)cc(NC(C)=O)n1. The average Bonchev–Trinajstić information content (AvgIpc) is 2.14. The first-order valence-electron chi connectivity index (χ1n) is 5.45. The van der Waals surface area contributed by atoms with Crippen molar-refractivity contribution in [3.8, 4) is 0 Å². The fourth-order valence-corrected chi connectivity index (χ4v) is 1.37. The maximum atomic E-state index is 11.0. The van der Waals surface area contributed by atoms with Crippen molar-refractivity contribution in [3.63, 3.8) is 0 Å². The summed E-state index contributed by atoms with van der Waals surface area (Å²) in [6.45, 7) is 6.90. The Balaban J connectivity index is 3.08. The van der Waals surface area contributed by atoms with E-state index in [0.717, 1.165) is 5.56 Å². The molecule has 0 atom stereocenters. The van der Waals surface area contributed by atoms with Gasteiger partial charge in [0.1, 0.15) is 11.6 Å². The average molecular weight is 235 g/mol. The number of nitrogens with zero attached hydrogens (tertiary/aromatic N) is 1. The Kier molecular flexibility index (Phi) is 4.20. The number of amides is 2. The second kappa shape index (κ2) is 5.43. The third-order valence-corrected chi connectivity index (χ3v) is 2.12. The molecule has 2 N–H and O–H groups in total. The summed E-state index contributed by atoms with van der Waals surface area (Å²) in [5, 5.41) is 5.22. The summed E-state index contributed by atoms with van der Waals surface area (Å²) in [6.07, 6.45) is 0. The van der Waals surface area contributed by atoms with Gasteiger partial charge in [-0.05, 0) is 23.6 Å². The molecule has 92 valence electrons. The molecule has 5 heteroatoms. The first-order valence-corrected chi connectivity index (χ1v) is 5.45. The third-order valence-electron chi connectivity index (χ3n) is 2.12. The molecule has 0 unspecified atom stereocenters. The molecule has 1 aromatic heterocycles. The van der Waals surface area contributed by atoms with Gasteiger partial charge in [-0.25, -0.2) is 4.98 Å². The van der Waals surface area contributed by atoms with E-state index in [0.29, 0.717) is 11.6 Å². The van der Waals surface area contributed by atoms with Crippen molar-refractivity contribution >= 4 is 23.5 Å². The molecule has 0 saturated heterocycles. The topological polar surface area (TPSA) is 71.1 Å². The van der Waals surface area contributed by atoms with E-state index in [1.165, 1.54) is 13.8 Å². The Morgan fingerprint density at radius 3 is 1.76 bits per heavy atom. The molecule has 0 aliphatic rings. The number of carbonyl (C=O) groups is 2. The fourth-order valence-electron chi connectivity index (χ4n) is 1.37. The minimum absolute atomic E-state index is 0.188. The van der Waals surface area contributed by atoms with Crippen LogP contribution in [0.3, 0.4) is 0 Å². The molecule has 0 aliphatic heterocycles. The van der Waals surface area contributed by atoms with Crippen molar-refractivity contribution in [2.24, 2.45) is 0 Å². The van der Waals surface area contributed by atoms with Gasteiger partial charge in [-0.3, -0.25) is 9.59 Å². The molecule has 5 nitrogen and oxygen atoms in total. The summed E-state index contributed by atoms with van der Waals surface area (Å²) in [4.78, 5) is 26.1. The number of nitrogens with one attached hydrogen (secondary N) is 2. The van der Waals surface area contributed by atoms with Crippen LogP contribution in [0, 0.1) is 0 Å². The maximum Gasteiger partial charge on any atom is 0.222 e. The van der Waals surface area contributed by atoms with E-state index in [1.54, 1.807) is 12.1 Å². The number of rotatable bonds is 3. The standard InChI is InChI=1S/C12H17N3O2/c1-7(2)10-5-11(13-8(3)16)15-12(6-10)14-9(4)17/h5-7H,1-4H3,(H2,13,14,15,16,17). The molecule has 0 radical (unpaired) electrons. The van der Waals surface area contributed by atoms with E-state index < -0.39 is 0 Å². The highest BCUT2D eigenvalue weighted by Gasteiger charge is 2.07. The van der Waals surface area contributed by atoms with Crippen molar-refractivity contribution in [1.82, 2.24) is 4.98 Å². The number of anilines is 2. The van der Waals surface area contributed by atoms with Crippen LogP contribution in [0.25, 0.3) is 0 Å². The molecule has 1 aromatic rings. The number of carbonyl (C=O) groups excluding carboxylic acids is 2. The van der Waals surface area contributed by atoms with Gasteiger partial charge in [-0.2, -0.15) is 0 Å². The van der Waals surface area contributed by atoms with Gasteiger partial charge in [-0.15, -0.1) is 0 Å². The fraction of sp³-hybridized carbons (Fsp3) is 0.417. The van der Waals surface area contributed by atoms with Gasteiger partial charge in [0.15, 0.2) is 0 Å². The molecule has 2 amide bonds. The van der Waals surface area contributed by atoms with Crippen LogP contribution in [-0.2, 0) is 9.59 Å². The zero-order chi connectivity index (χ0) is 13.0. The molecule has 0 aromatic carbocycles. The van der Waals surface area contributed by atoms with E-state index in [-0.39, 0.29) is 17.7 Å². The molecule has 1 rings (SSSR count). The molecular formula is C12H17N3O2. The summed E-state index contributed by atoms with van der Waals surface area (Å²) in [6, 6.07) is 3.61. The van der Waals surface area contributed by atoms with E-state index >= 15 is 0 Å². The second-order valence-electron chi connectivity index (χ2n) is 4.19. The van der Waals surface area contributed by atoms with Crippen LogP contribution in [0.1, 0.15) is 39.2 Å².